The number of aryl methyl sites for hydroxylation is 1. The van der Waals surface area contributed by atoms with Crippen LogP contribution in [0.25, 0.3) is 0 Å². The summed E-state index contributed by atoms with van der Waals surface area (Å²) >= 11 is 0. The Hall–Kier alpha value is -1.16. The summed E-state index contributed by atoms with van der Waals surface area (Å²) < 4.78 is 0. The fourth-order valence-corrected chi connectivity index (χ4v) is 2.40. The molecular formula is C11H15N3O. The van der Waals surface area contributed by atoms with E-state index in [1.165, 1.54) is 24.1 Å². The average Bonchev–Trinajstić information content (AvgIpc) is 2.24. The van der Waals surface area contributed by atoms with Crippen LogP contribution >= 0.6 is 0 Å². The molecule has 2 aliphatic rings. The van der Waals surface area contributed by atoms with Gasteiger partial charge >= 0.3 is 0 Å². The first-order chi connectivity index (χ1) is 7.34. The Bertz CT molecular complexity index is 374. The topological polar surface area (TPSA) is 49.2 Å². The van der Waals surface area contributed by atoms with Gasteiger partial charge in [-0.2, -0.15) is 0 Å². The largest absolute Gasteiger partial charge is 0.389 e. The van der Waals surface area contributed by atoms with Gasteiger partial charge in [-0.3, -0.25) is 0 Å². The number of nitrogens with zero attached hydrogens (tertiary/aromatic N) is 3. The Balaban J connectivity index is 1.93. The van der Waals surface area contributed by atoms with Crippen LogP contribution in [-0.4, -0.2) is 34.3 Å². The summed E-state index contributed by atoms with van der Waals surface area (Å²) in [6.07, 6.45) is 6.15. The van der Waals surface area contributed by atoms with Gasteiger partial charge in [-0.15, -0.1) is 0 Å². The van der Waals surface area contributed by atoms with Crippen LogP contribution in [0.2, 0.25) is 0 Å². The molecule has 0 amide bonds. The Morgan fingerprint density at radius 2 is 2.00 bits per heavy atom. The zero-order valence-corrected chi connectivity index (χ0v) is 8.69. The first-order valence-electron chi connectivity index (χ1n) is 5.60. The summed E-state index contributed by atoms with van der Waals surface area (Å²) in [6.45, 7) is 1.45. The quantitative estimate of drug-likeness (QED) is 0.727. The number of aliphatic hydroxyl groups excluding tert-OH is 1. The number of anilines is 1. The lowest BCUT2D eigenvalue weighted by atomic mass is 9.95. The first-order valence-corrected chi connectivity index (χ1v) is 5.60. The predicted molar refractivity (Wildman–Crippen MR) is 56.9 cm³/mol. The zero-order chi connectivity index (χ0) is 10.3. The van der Waals surface area contributed by atoms with Gasteiger partial charge in [0.25, 0.3) is 0 Å². The van der Waals surface area contributed by atoms with Crippen molar-refractivity contribution < 1.29 is 5.11 Å². The molecule has 15 heavy (non-hydrogen) atoms. The van der Waals surface area contributed by atoms with E-state index in [0.29, 0.717) is 0 Å². The SMILES string of the molecule is OC1CN(c2ncnc3c2CCCC3)C1. The lowest BCUT2D eigenvalue weighted by molar-refractivity contribution is 0.141. The molecule has 0 aromatic carbocycles. The molecule has 1 aliphatic carbocycles. The molecule has 1 saturated heterocycles. The second-order valence-electron chi connectivity index (χ2n) is 4.39. The smallest absolute Gasteiger partial charge is 0.135 e. The molecule has 1 aliphatic heterocycles. The van der Waals surface area contributed by atoms with Gasteiger partial charge in [0, 0.05) is 24.3 Å². The average molecular weight is 205 g/mol. The van der Waals surface area contributed by atoms with Crippen LogP contribution in [-0.2, 0) is 12.8 Å². The molecule has 4 nitrogen and oxygen atoms in total. The number of rotatable bonds is 1. The molecule has 4 heteroatoms. The molecule has 1 N–H and O–H groups in total. The van der Waals surface area contributed by atoms with Gasteiger partial charge in [-0.25, -0.2) is 9.97 Å². The lowest BCUT2D eigenvalue weighted by Crippen LogP contribution is -2.51. The van der Waals surface area contributed by atoms with Crippen molar-refractivity contribution in [1.29, 1.82) is 0 Å². The van der Waals surface area contributed by atoms with Crippen molar-refractivity contribution in [2.24, 2.45) is 0 Å². The van der Waals surface area contributed by atoms with Crippen LogP contribution in [0.15, 0.2) is 6.33 Å². The molecule has 0 saturated carbocycles. The predicted octanol–water partition coefficient (Wildman–Crippen LogP) is 0.536. The fourth-order valence-electron chi connectivity index (χ4n) is 2.40. The van der Waals surface area contributed by atoms with Crippen LogP contribution in [0, 0.1) is 0 Å². The number of aromatic nitrogens is 2. The summed E-state index contributed by atoms with van der Waals surface area (Å²) in [5.41, 5.74) is 2.53. The van der Waals surface area contributed by atoms with E-state index in [2.05, 4.69) is 14.9 Å². The van der Waals surface area contributed by atoms with Gasteiger partial charge in [-0.1, -0.05) is 0 Å². The maximum atomic E-state index is 9.30. The number of fused-ring (bicyclic) bond motifs is 1. The van der Waals surface area contributed by atoms with E-state index in [1.54, 1.807) is 6.33 Å². The normalized spacial score (nSPS) is 21.0. The van der Waals surface area contributed by atoms with Crippen molar-refractivity contribution in [2.45, 2.75) is 31.8 Å². The standard InChI is InChI=1S/C11H15N3O/c15-8-5-14(6-8)11-9-3-1-2-4-10(9)12-7-13-11/h7-8,15H,1-6H2. The molecule has 80 valence electrons. The molecule has 1 aromatic heterocycles. The molecule has 0 bridgehead atoms. The highest BCUT2D eigenvalue weighted by molar-refractivity contribution is 5.51. The van der Waals surface area contributed by atoms with E-state index in [9.17, 15) is 5.11 Å². The maximum Gasteiger partial charge on any atom is 0.135 e. The minimum Gasteiger partial charge on any atom is -0.389 e. The van der Waals surface area contributed by atoms with Crippen LogP contribution in [0.5, 0.6) is 0 Å². The number of hydrogen-bond donors (Lipinski definition) is 1. The van der Waals surface area contributed by atoms with E-state index in [1.807, 2.05) is 0 Å². The molecule has 1 fully saturated rings. The molecule has 0 unspecified atom stereocenters. The van der Waals surface area contributed by atoms with Crippen molar-refractivity contribution in [3.63, 3.8) is 0 Å². The van der Waals surface area contributed by atoms with Gasteiger partial charge in [-0.05, 0) is 25.7 Å². The van der Waals surface area contributed by atoms with Crippen LogP contribution in [0.3, 0.4) is 0 Å². The molecule has 2 heterocycles. The lowest BCUT2D eigenvalue weighted by Gasteiger charge is -2.38. The summed E-state index contributed by atoms with van der Waals surface area (Å²) in [5, 5.41) is 9.30. The molecule has 0 atom stereocenters. The van der Waals surface area contributed by atoms with E-state index in [-0.39, 0.29) is 6.10 Å². The van der Waals surface area contributed by atoms with Gasteiger partial charge in [0.2, 0.25) is 0 Å². The molecule has 3 rings (SSSR count). The molecule has 0 spiro atoms. The summed E-state index contributed by atoms with van der Waals surface area (Å²) in [6, 6.07) is 0. The van der Waals surface area contributed by atoms with E-state index >= 15 is 0 Å². The second kappa shape index (κ2) is 3.45. The maximum absolute atomic E-state index is 9.30. The van der Waals surface area contributed by atoms with Crippen LogP contribution < -0.4 is 4.90 Å². The first kappa shape index (κ1) is 9.09. The Morgan fingerprint density at radius 1 is 1.20 bits per heavy atom. The Kier molecular flexibility index (Phi) is 2.09. The highest BCUT2D eigenvalue weighted by Crippen LogP contribution is 2.29. The summed E-state index contributed by atoms with van der Waals surface area (Å²) in [5.74, 6) is 1.06. The Morgan fingerprint density at radius 3 is 2.80 bits per heavy atom. The van der Waals surface area contributed by atoms with E-state index < -0.39 is 0 Å². The number of aliphatic hydroxyl groups is 1. The number of hydrogen-bond acceptors (Lipinski definition) is 4. The van der Waals surface area contributed by atoms with Crippen LogP contribution in [0.1, 0.15) is 24.1 Å². The van der Waals surface area contributed by atoms with Crippen LogP contribution in [0.4, 0.5) is 5.82 Å². The Labute approximate surface area is 89.0 Å². The molecule has 1 aromatic rings. The van der Waals surface area contributed by atoms with Crippen molar-refractivity contribution in [3.8, 4) is 0 Å². The van der Waals surface area contributed by atoms with Gasteiger partial charge in [0.05, 0.1) is 6.10 Å². The second-order valence-corrected chi connectivity index (χ2v) is 4.39. The third-order valence-corrected chi connectivity index (χ3v) is 3.26. The zero-order valence-electron chi connectivity index (χ0n) is 8.69. The highest BCUT2D eigenvalue weighted by Gasteiger charge is 2.28. The minimum atomic E-state index is -0.167. The van der Waals surface area contributed by atoms with Crippen molar-refractivity contribution in [3.05, 3.63) is 17.6 Å². The van der Waals surface area contributed by atoms with E-state index in [4.69, 9.17) is 0 Å². The molecular weight excluding hydrogens is 190 g/mol. The van der Waals surface area contributed by atoms with Crippen molar-refractivity contribution in [2.75, 3.05) is 18.0 Å². The van der Waals surface area contributed by atoms with Gasteiger partial charge < -0.3 is 10.0 Å². The highest BCUT2D eigenvalue weighted by atomic mass is 16.3. The summed E-state index contributed by atoms with van der Waals surface area (Å²) in [4.78, 5) is 10.8. The fraction of sp³-hybridized carbons (Fsp3) is 0.636. The summed E-state index contributed by atoms with van der Waals surface area (Å²) in [7, 11) is 0. The molecule has 0 radical (unpaired) electrons. The third-order valence-electron chi connectivity index (χ3n) is 3.26. The monoisotopic (exact) mass is 205 g/mol. The van der Waals surface area contributed by atoms with Crippen molar-refractivity contribution in [1.82, 2.24) is 9.97 Å². The number of β-amino-alcohol motifs (C(OH)–C–C–N with tert-alkyl or cyclic N) is 1. The minimum absolute atomic E-state index is 0.167. The van der Waals surface area contributed by atoms with E-state index in [0.717, 1.165) is 31.7 Å². The third kappa shape index (κ3) is 1.49. The van der Waals surface area contributed by atoms with Gasteiger partial charge in [0.15, 0.2) is 0 Å². The van der Waals surface area contributed by atoms with Gasteiger partial charge in [0.1, 0.15) is 12.1 Å². The van der Waals surface area contributed by atoms with Crippen molar-refractivity contribution >= 4 is 5.82 Å².